The van der Waals surface area contributed by atoms with Gasteiger partial charge in [-0.1, -0.05) is 141 Å². The fraction of sp³-hybridized carbons (Fsp3) is 0.875. The van der Waals surface area contributed by atoms with E-state index in [1.807, 2.05) is 35.1 Å². The van der Waals surface area contributed by atoms with Gasteiger partial charge in [0.1, 0.15) is 19.2 Å². The van der Waals surface area contributed by atoms with Crippen LogP contribution < -0.4 is 0 Å². The molecule has 0 bridgehead atoms. The van der Waals surface area contributed by atoms with Crippen LogP contribution in [0.1, 0.15) is 201 Å². The zero-order valence-electron chi connectivity index (χ0n) is 38.1. The van der Waals surface area contributed by atoms with Gasteiger partial charge in [0.15, 0.2) is 0 Å². The van der Waals surface area contributed by atoms with Gasteiger partial charge < -0.3 is 19.7 Å². The monoisotopic (exact) mass is 795 g/mol. The molecule has 2 unspecified atom stereocenters. The highest BCUT2D eigenvalue weighted by atomic mass is 16.6. The van der Waals surface area contributed by atoms with Gasteiger partial charge in [-0.3, -0.25) is 18.6 Å². The van der Waals surface area contributed by atoms with Crippen molar-refractivity contribution in [2.45, 2.75) is 219 Å². The molecule has 8 nitrogen and oxygen atoms in total. The molecule has 0 saturated carbocycles. The molecule has 0 heterocycles. The molecule has 0 aromatic carbocycles. The summed E-state index contributed by atoms with van der Waals surface area (Å²) in [6, 6.07) is 0. The molecule has 2 atom stereocenters. The van der Waals surface area contributed by atoms with Crippen LogP contribution in [0.5, 0.6) is 0 Å². The predicted octanol–water partition coefficient (Wildman–Crippen LogP) is 11.4. The van der Waals surface area contributed by atoms with E-state index in [1.54, 1.807) is 0 Å². The summed E-state index contributed by atoms with van der Waals surface area (Å²) < 4.78 is 13.0. The number of aliphatic hydroxyl groups excluding tert-OH is 2. The average Bonchev–Trinajstić information content (AvgIpc) is 3.14. The summed E-state index contributed by atoms with van der Waals surface area (Å²) in [5, 5.41) is 20.0. The van der Waals surface area contributed by atoms with Crippen LogP contribution in [0.2, 0.25) is 0 Å². The Labute approximate surface area is 347 Å². The molecule has 2 N–H and O–H groups in total. The number of rotatable bonds is 40. The summed E-state index contributed by atoms with van der Waals surface area (Å²) in [4.78, 5) is 26.5. The van der Waals surface area contributed by atoms with Gasteiger partial charge in [-0.15, -0.1) is 0 Å². The van der Waals surface area contributed by atoms with Crippen molar-refractivity contribution >= 4 is 11.9 Å². The van der Waals surface area contributed by atoms with Crippen molar-refractivity contribution in [1.82, 2.24) is 0 Å². The van der Waals surface area contributed by atoms with E-state index in [9.17, 15) is 19.8 Å². The highest BCUT2D eigenvalue weighted by molar-refractivity contribution is 5.70. The molecular weight excluding hydrogens is 701 g/mol. The molecule has 0 rings (SSSR count). The summed E-state index contributed by atoms with van der Waals surface area (Å²) >= 11 is 0. The Morgan fingerprint density at radius 3 is 1.12 bits per heavy atom. The summed E-state index contributed by atoms with van der Waals surface area (Å²) in [5.74, 6) is -0.558. The third-order valence-electron chi connectivity index (χ3n) is 11.4. The molecule has 0 radical (unpaired) electrons. The lowest BCUT2D eigenvalue weighted by Crippen LogP contribution is -2.72. The van der Waals surface area contributed by atoms with Crippen LogP contribution in [0.15, 0.2) is 24.3 Å². The van der Waals surface area contributed by atoms with Gasteiger partial charge in [0, 0.05) is 12.8 Å². The Morgan fingerprint density at radius 1 is 0.482 bits per heavy atom. The quantitative estimate of drug-likeness (QED) is 0.0211. The molecule has 0 aromatic rings. The zero-order chi connectivity index (χ0) is 41.8. The van der Waals surface area contributed by atoms with E-state index in [-0.39, 0.29) is 31.3 Å². The van der Waals surface area contributed by atoms with E-state index < -0.39 is 12.2 Å². The Morgan fingerprint density at radius 2 is 0.786 bits per heavy atom. The number of hydrogen-bond donors (Lipinski definition) is 2. The number of unbranched alkanes of at least 4 members (excludes halogenated alkanes) is 22. The third kappa shape index (κ3) is 29.5. The topological polar surface area (TPSA) is 93.1 Å². The molecule has 0 spiro atoms. The predicted molar refractivity (Wildman–Crippen MR) is 236 cm³/mol. The van der Waals surface area contributed by atoms with Crippen LogP contribution in [0.4, 0.5) is 0 Å². The number of carbonyl (C=O) groups excluding carboxylic acids is 2. The molecule has 0 amide bonds. The summed E-state index contributed by atoms with van der Waals surface area (Å²) in [6.45, 7) is 7.11. The fourth-order valence-corrected chi connectivity index (χ4v) is 8.04. The fourth-order valence-electron chi connectivity index (χ4n) is 8.04. The van der Waals surface area contributed by atoms with Crippen molar-refractivity contribution in [2.75, 3.05) is 54.5 Å². The summed E-state index contributed by atoms with van der Waals surface area (Å²) in [7, 11) is 8.01. The first kappa shape index (κ1) is 54.3. The molecule has 0 aliphatic carbocycles. The van der Waals surface area contributed by atoms with Gasteiger partial charge in [0.2, 0.25) is 6.10 Å². The third-order valence-corrected chi connectivity index (χ3v) is 11.4. The molecule has 0 aliphatic heterocycles. The van der Waals surface area contributed by atoms with Crippen molar-refractivity contribution in [3.63, 3.8) is 0 Å². The first-order chi connectivity index (χ1) is 27.0. The highest BCUT2D eigenvalue weighted by Gasteiger charge is 2.52. The minimum absolute atomic E-state index is 0.0398. The van der Waals surface area contributed by atoms with Crippen molar-refractivity contribution in [3.8, 4) is 0 Å². The van der Waals surface area contributed by atoms with Crippen LogP contribution in [0.25, 0.3) is 0 Å². The Kier molecular flexibility index (Phi) is 35.2. The second-order valence-corrected chi connectivity index (χ2v) is 17.7. The Bertz CT molecular complexity index is 963. The van der Waals surface area contributed by atoms with Gasteiger partial charge >= 0.3 is 11.9 Å². The van der Waals surface area contributed by atoms with Crippen molar-refractivity contribution in [2.24, 2.45) is 0 Å². The Hall–Kier alpha value is -1.74. The van der Waals surface area contributed by atoms with Crippen molar-refractivity contribution in [3.05, 3.63) is 24.3 Å². The van der Waals surface area contributed by atoms with E-state index in [2.05, 4.69) is 38.2 Å². The zero-order valence-corrected chi connectivity index (χ0v) is 38.1. The van der Waals surface area contributed by atoms with Gasteiger partial charge in [0.25, 0.3) is 6.17 Å². The number of nitrogens with zero attached hydrogens (tertiary/aromatic N) is 2. The molecule has 330 valence electrons. The van der Waals surface area contributed by atoms with E-state index >= 15 is 0 Å². The number of quaternary nitrogens is 2. The number of aliphatic hydroxyl groups is 2. The SMILES string of the molecule is CCCCCCCC/C=C\CCCCCCCC(=O)OC(C)C(OC(=O)CCCCCCC/C=C\CCCCCCCC)C([N+](C)(C)CCO)[N+](C)(C)CCO. The Balaban J connectivity index is 4.91. The standard InChI is InChI=1S/C48H94N2O6/c1-8-10-12-14-16-18-20-22-24-26-28-30-32-34-36-38-45(53)55-44(3)47(48(49(4,5)40-42-51)50(6,7)41-43-52)56-46(54)39-37-35-33-31-29-27-25-23-21-19-17-15-13-11-9-2/h22-25,44,47-48,51-52H,8-21,26-43H2,1-7H3/q+2/b24-22-,25-23-. The van der Waals surface area contributed by atoms with Crippen LogP contribution in [-0.4, -0.2) is 104 Å². The summed E-state index contributed by atoms with van der Waals surface area (Å²) in [5.41, 5.74) is 0. The molecule has 0 saturated heterocycles. The van der Waals surface area contributed by atoms with Gasteiger partial charge in [0.05, 0.1) is 41.4 Å². The van der Waals surface area contributed by atoms with Gasteiger partial charge in [-0.2, -0.15) is 0 Å². The normalized spacial score (nSPS) is 13.6. The number of ether oxygens (including phenoxy) is 2. The van der Waals surface area contributed by atoms with Gasteiger partial charge in [-0.25, -0.2) is 0 Å². The lowest BCUT2D eigenvalue weighted by molar-refractivity contribution is -1.11. The maximum absolute atomic E-state index is 13.4. The molecule has 0 aromatic heterocycles. The molecular formula is C48H94N2O6+2. The summed E-state index contributed by atoms with van der Waals surface area (Å²) in [6.07, 6.45) is 39.3. The molecule has 8 heteroatoms. The lowest BCUT2D eigenvalue weighted by atomic mass is 10.1. The molecule has 56 heavy (non-hydrogen) atoms. The lowest BCUT2D eigenvalue weighted by Gasteiger charge is -2.49. The van der Waals surface area contributed by atoms with Crippen molar-refractivity contribution < 1.29 is 38.2 Å². The second kappa shape index (κ2) is 36.3. The second-order valence-electron chi connectivity index (χ2n) is 17.7. The smallest absolute Gasteiger partial charge is 0.306 e. The van der Waals surface area contributed by atoms with E-state index in [4.69, 9.17) is 9.47 Å². The minimum Gasteiger partial charge on any atom is -0.458 e. The first-order valence-electron chi connectivity index (χ1n) is 23.5. The van der Waals surface area contributed by atoms with Crippen LogP contribution in [-0.2, 0) is 19.1 Å². The van der Waals surface area contributed by atoms with E-state index in [0.29, 0.717) is 34.9 Å². The van der Waals surface area contributed by atoms with Crippen LogP contribution in [0.3, 0.4) is 0 Å². The number of hydrogen-bond acceptors (Lipinski definition) is 6. The van der Waals surface area contributed by atoms with Crippen LogP contribution in [0, 0.1) is 0 Å². The maximum Gasteiger partial charge on any atom is 0.306 e. The van der Waals surface area contributed by atoms with E-state index in [1.165, 1.54) is 109 Å². The minimum atomic E-state index is -0.744. The van der Waals surface area contributed by atoms with Crippen molar-refractivity contribution in [1.29, 1.82) is 0 Å². The number of likely N-dealkylation sites (N-methyl/N-ethyl adjacent to an activating group) is 2. The largest absolute Gasteiger partial charge is 0.458 e. The highest BCUT2D eigenvalue weighted by Crippen LogP contribution is 2.27. The molecule has 0 fully saturated rings. The van der Waals surface area contributed by atoms with Gasteiger partial charge in [-0.05, 0) is 71.1 Å². The van der Waals surface area contributed by atoms with E-state index in [0.717, 1.165) is 57.8 Å². The number of carbonyl (C=O) groups is 2. The average molecular weight is 795 g/mol. The van der Waals surface area contributed by atoms with Crippen LogP contribution >= 0.6 is 0 Å². The number of esters is 2. The maximum atomic E-state index is 13.4. The number of allylic oxidation sites excluding steroid dienone is 4. The first-order valence-corrected chi connectivity index (χ1v) is 23.5. The molecule has 0 aliphatic rings.